The van der Waals surface area contributed by atoms with E-state index in [0.717, 1.165) is 45.2 Å². The largest absolute Gasteiger partial charge is 0.342 e. The lowest BCUT2D eigenvalue weighted by Gasteiger charge is -2.36. The number of likely N-dealkylation sites (tertiary alicyclic amines) is 1. The predicted molar refractivity (Wildman–Crippen MR) is 70.3 cm³/mol. The summed E-state index contributed by atoms with van der Waals surface area (Å²) in [6, 6.07) is 0.269. The molecule has 0 aromatic rings. The van der Waals surface area contributed by atoms with Crippen molar-refractivity contribution in [2.45, 2.75) is 51.5 Å². The van der Waals surface area contributed by atoms with Crippen LogP contribution >= 0.6 is 0 Å². The zero-order valence-electron chi connectivity index (χ0n) is 10.8. The molecule has 0 bridgehead atoms. The van der Waals surface area contributed by atoms with Crippen molar-refractivity contribution in [1.29, 1.82) is 0 Å². The van der Waals surface area contributed by atoms with Gasteiger partial charge >= 0.3 is 0 Å². The maximum Gasteiger partial charge on any atom is 0.222 e. The third-order valence-electron chi connectivity index (χ3n) is 3.63. The van der Waals surface area contributed by atoms with Crippen molar-refractivity contribution in [3.05, 3.63) is 0 Å². The van der Waals surface area contributed by atoms with Crippen LogP contribution in [0.15, 0.2) is 0 Å². The minimum Gasteiger partial charge on any atom is -0.342 e. The van der Waals surface area contributed by atoms with Gasteiger partial charge < -0.3 is 10.6 Å². The summed E-state index contributed by atoms with van der Waals surface area (Å²) in [6.07, 6.45) is 10.4. The molecule has 0 saturated carbocycles. The Kier molecular flexibility index (Phi) is 6.07. The first kappa shape index (κ1) is 14.1. The second-order valence-corrected chi connectivity index (χ2v) is 4.87. The molecule has 2 unspecified atom stereocenters. The molecule has 0 radical (unpaired) electrons. The van der Waals surface area contributed by atoms with Gasteiger partial charge in [-0.05, 0) is 25.2 Å². The van der Waals surface area contributed by atoms with Gasteiger partial charge in [0.1, 0.15) is 0 Å². The third-order valence-corrected chi connectivity index (χ3v) is 3.63. The second kappa shape index (κ2) is 7.34. The molecule has 1 rings (SSSR count). The minimum atomic E-state index is 0.269. The van der Waals surface area contributed by atoms with Gasteiger partial charge in [-0.15, -0.1) is 12.3 Å². The van der Waals surface area contributed by atoms with E-state index in [0.29, 0.717) is 12.3 Å². The van der Waals surface area contributed by atoms with Crippen LogP contribution in [0, 0.1) is 18.3 Å². The van der Waals surface area contributed by atoms with E-state index >= 15 is 0 Å². The summed E-state index contributed by atoms with van der Waals surface area (Å²) in [5.74, 6) is 3.34. The van der Waals surface area contributed by atoms with Crippen molar-refractivity contribution in [2.24, 2.45) is 11.7 Å². The molecule has 2 N–H and O–H groups in total. The summed E-state index contributed by atoms with van der Waals surface area (Å²) < 4.78 is 0. The van der Waals surface area contributed by atoms with Crippen LogP contribution in [0.2, 0.25) is 0 Å². The Hall–Kier alpha value is -1.01. The highest BCUT2D eigenvalue weighted by Crippen LogP contribution is 2.19. The normalized spacial score (nSPS) is 24.4. The van der Waals surface area contributed by atoms with Crippen molar-refractivity contribution in [3.63, 3.8) is 0 Å². The topological polar surface area (TPSA) is 46.3 Å². The van der Waals surface area contributed by atoms with E-state index in [-0.39, 0.29) is 11.9 Å². The van der Waals surface area contributed by atoms with Crippen molar-refractivity contribution < 1.29 is 4.79 Å². The molecule has 1 amide bonds. The quantitative estimate of drug-likeness (QED) is 0.584. The summed E-state index contributed by atoms with van der Waals surface area (Å²) >= 11 is 0. The first-order chi connectivity index (χ1) is 8.19. The molecule has 0 aromatic carbocycles. The number of rotatable bonds is 5. The van der Waals surface area contributed by atoms with E-state index in [4.69, 9.17) is 12.2 Å². The molecule has 1 saturated heterocycles. The van der Waals surface area contributed by atoms with Crippen LogP contribution < -0.4 is 5.73 Å². The highest BCUT2D eigenvalue weighted by atomic mass is 16.2. The second-order valence-electron chi connectivity index (χ2n) is 4.87. The fraction of sp³-hybridized carbons (Fsp3) is 0.786. The van der Waals surface area contributed by atoms with Crippen molar-refractivity contribution in [3.8, 4) is 12.3 Å². The molecule has 1 fully saturated rings. The average Bonchev–Trinajstić information content (AvgIpc) is 2.35. The van der Waals surface area contributed by atoms with E-state index in [1.807, 2.05) is 4.90 Å². The molecule has 1 aliphatic rings. The zero-order chi connectivity index (χ0) is 12.7. The maximum atomic E-state index is 12.0. The maximum absolute atomic E-state index is 12.0. The van der Waals surface area contributed by atoms with E-state index in [1.165, 1.54) is 0 Å². The summed E-state index contributed by atoms with van der Waals surface area (Å²) in [4.78, 5) is 13.9. The van der Waals surface area contributed by atoms with Gasteiger partial charge in [-0.25, -0.2) is 0 Å². The number of hydrogen-bond acceptors (Lipinski definition) is 2. The predicted octanol–water partition coefficient (Wildman–Crippen LogP) is 1.77. The van der Waals surface area contributed by atoms with E-state index in [9.17, 15) is 4.79 Å². The van der Waals surface area contributed by atoms with Gasteiger partial charge in [0.25, 0.3) is 0 Å². The molecule has 2 atom stereocenters. The Labute approximate surface area is 105 Å². The highest BCUT2D eigenvalue weighted by Gasteiger charge is 2.27. The third kappa shape index (κ3) is 4.40. The SMILES string of the molecule is C#CCCCCC(=O)N1CCC(N)C(CC)C1. The average molecular weight is 236 g/mol. The van der Waals surface area contributed by atoms with Crippen molar-refractivity contribution in [2.75, 3.05) is 13.1 Å². The van der Waals surface area contributed by atoms with Crippen LogP contribution in [-0.4, -0.2) is 29.9 Å². The van der Waals surface area contributed by atoms with Crippen LogP contribution in [0.1, 0.15) is 45.4 Å². The van der Waals surface area contributed by atoms with Gasteiger partial charge in [0, 0.05) is 32.0 Å². The molecule has 0 spiro atoms. The number of amides is 1. The molecule has 17 heavy (non-hydrogen) atoms. The number of hydrogen-bond donors (Lipinski definition) is 1. The number of carbonyl (C=O) groups excluding carboxylic acids is 1. The monoisotopic (exact) mass is 236 g/mol. The number of carbonyl (C=O) groups is 1. The Morgan fingerprint density at radius 2 is 2.29 bits per heavy atom. The first-order valence-electron chi connectivity index (χ1n) is 6.65. The molecule has 3 heteroatoms. The Morgan fingerprint density at radius 3 is 2.94 bits per heavy atom. The molecule has 0 aliphatic carbocycles. The lowest BCUT2D eigenvalue weighted by molar-refractivity contribution is -0.133. The lowest BCUT2D eigenvalue weighted by Crippen LogP contribution is -2.48. The van der Waals surface area contributed by atoms with E-state index in [1.54, 1.807) is 0 Å². The Balaban J connectivity index is 2.30. The van der Waals surface area contributed by atoms with Gasteiger partial charge in [0.15, 0.2) is 0 Å². The van der Waals surface area contributed by atoms with Crippen LogP contribution in [0.5, 0.6) is 0 Å². The first-order valence-corrected chi connectivity index (χ1v) is 6.65. The van der Waals surface area contributed by atoms with Gasteiger partial charge in [0.2, 0.25) is 5.91 Å². The van der Waals surface area contributed by atoms with Gasteiger partial charge in [-0.3, -0.25) is 4.79 Å². The van der Waals surface area contributed by atoms with Gasteiger partial charge in [0.05, 0.1) is 0 Å². The van der Waals surface area contributed by atoms with Crippen LogP contribution in [-0.2, 0) is 4.79 Å². The van der Waals surface area contributed by atoms with Gasteiger partial charge in [-0.2, -0.15) is 0 Å². The van der Waals surface area contributed by atoms with Crippen LogP contribution in [0.3, 0.4) is 0 Å². The summed E-state index contributed by atoms with van der Waals surface area (Å²) in [7, 11) is 0. The van der Waals surface area contributed by atoms with Crippen LogP contribution in [0.25, 0.3) is 0 Å². The number of nitrogens with zero attached hydrogens (tertiary/aromatic N) is 1. The lowest BCUT2D eigenvalue weighted by atomic mass is 9.90. The fourth-order valence-electron chi connectivity index (χ4n) is 2.37. The van der Waals surface area contributed by atoms with E-state index in [2.05, 4.69) is 12.8 Å². The molecular weight excluding hydrogens is 212 g/mol. The summed E-state index contributed by atoms with van der Waals surface area (Å²) in [5, 5.41) is 0. The Bertz CT molecular complexity index is 282. The summed E-state index contributed by atoms with van der Waals surface area (Å²) in [6.45, 7) is 3.81. The zero-order valence-corrected chi connectivity index (χ0v) is 10.8. The summed E-state index contributed by atoms with van der Waals surface area (Å²) in [5.41, 5.74) is 6.03. The minimum absolute atomic E-state index is 0.269. The molecule has 96 valence electrons. The highest BCUT2D eigenvalue weighted by molar-refractivity contribution is 5.76. The molecule has 1 heterocycles. The number of terminal acetylenes is 1. The Morgan fingerprint density at radius 1 is 1.53 bits per heavy atom. The molecule has 0 aromatic heterocycles. The van der Waals surface area contributed by atoms with Gasteiger partial charge in [-0.1, -0.05) is 13.3 Å². The molecular formula is C14H24N2O. The fourth-order valence-corrected chi connectivity index (χ4v) is 2.37. The number of unbranched alkanes of at least 4 members (excludes halogenated alkanes) is 2. The van der Waals surface area contributed by atoms with Crippen molar-refractivity contribution >= 4 is 5.91 Å². The smallest absolute Gasteiger partial charge is 0.222 e. The van der Waals surface area contributed by atoms with Crippen LogP contribution in [0.4, 0.5) is 0 Å². The number of nitrogens with two attached hydrogens (primary N) is 1. The standard InChI is InChI=1S/C14H24N2O/c1-3-5-6-7-8-14(17)16-10-9-13(15)12(4-2)11-16/h1,12-13H,4-11,15H2,2H3. The van der Waals surface area contributed by atoms with Crippen molar-refractivity contribution in [1.82, 2.24) is 4.90 Å². The molecule has 1 aliphatic heterocycles. The number of piperidine rings is 1. The van der Waals surface area contributed by atoms with E-state index < -0.39 is 0 Å². The molecule has 3 nitrogen and oxygen atoms in total.